The quantitative estimate of drug-likeness (QED) is 0.865. The van der Waals surface area contributed by atoms with Gasteiger partial charge in [-0.15, -0.1) is 0 Å². The van der Waals surface area contributed by atoms with Crippen LogP contribution in [0.3, 0.4) is 0 Å². The van der Waals surface area contributed by atoms with E-state index >= 15 is 0 Å². The zero-order chi connectivity index (χ0) is 15.8. The molecule has 4 rings (SSSR count). The molecule has 2 amide bonds. The molecule has 1 aliphatic carbocycles. The average Bonchev–Trinajstić information content (AvgIpc) is 3.08. The fraction of sp³-hybridized carbons (Fsp3) is 0.438. The van der Waals surface area contributed by atoms with Crippen molar-refractivity contribution < 1.29 is 14.3 Å². The number of nitrogens with zero attached hydrogens (tertiary/aromatic N) is 3. The van der Waals surface area contributed by atoms with Gasteiger partial charge in [-0.1, -0.05) is 6.07 Å². The maximum atomic E-state index is 11.8. The van der Waals surface area contributed by atoms with E-state index in [0.29, 0.717) is 24.8 Å². The Bertz CT molecular complexity index is 760. The number of aromatic nitrogens is 2. The molecule has 2 aromatic heterocycles. The lowest BCUT2D eigenvalue weighted by Gasteiger charge is -2.13. The van der Waals surface area contributed by atoms with Gasteiger partial charge < -0.3 is 14.0 Å². The minimum Gasteiger partial charge on any atom is -0.359 e. The number of fused-ring (bicyclic) bond motifs is 1. The van der Waals surface area contributed by atoms with Gasteiger partial charge in [0.1, 0.15) is 5.65 Å². The van der Waals surface area contributed by atoms with Gasteiger partial charge in [-0.05, 0) is 43.2 Å². The number of hydrogen-bond acceptors (Lipinski definition) is 4. The van der Waals surface area contributed by atoms with Crippen molar-refractivity contribution in [1.29, 1.82) is 0 Å². The number of rotatable bonds is 2. The van der Waals surface area contributed by atoms with Crippen molar-refractivity contribution >= 4 is 23.7 Å². The van der Waals surface area contributed by atoms with E-state index in [2.05, 4.69) is 16.4 Å². The van der Waals surface area contributed by atoms with Crippen LogP contribution in [0.5, 0.6) is 0 Å². The number of anilines is 1. The fourth-order valence-electron chi connectivity index (χ4n) is 2.90. The van der Waals surface area contributed by atoms with E-state index in [1.165, 1.54) is 23.3 Å². The molecular weight excluding hydrogens is 296 g/mol. The maximum Gasteiger partial charge on any atom is 0.421 e. The first-order chi connectivity index (χ1) is 11.2. The summed E-state index contributed by atoms with van der Waals surface area (Å²) in [5, 5.41) is 2.51. The Balaban J connectivity index is 1.42. The van der Waals surface area contributed by atoms with E-state index in [-0.39, 0.29) is 0 Å². The number of imidazole rings is 1. The molecule has 0 unspecified atom stereocenters. The van der Waals surface area contributed by atoms with E-state index in [1.54, 1.807) is 6.20 Å². The van der Waals surface area contributed by atoms with Gasteiger partial charge in [-0.3, -0.25) is 5.32 Å². The Morgan fingerprint density at radius 3 is 2.70 bits per heavy atom. The van der Waals surface area contributed by atoms with E-state index in [0.717, 1.165) is 18.5 Å². The zero-order valence-electron chi connectivity index (χ0n) is 12.7. The van der Waals surface area contributed by atoms with Crippen molar-refractivity contribution in [3.63, 3.8) is 0 Å². The molecule has 2 aliphatic rings. The molecule has 1 aliphatic heterocycles. The molecule has 0 atom stereocenters. The third kappa shape index (κ3) is 2.99. The molecule has 1 saturated heterocycles. The van der Waals surface area contributed by atoms with Gasteiger partial charge in [0, 0.05) is 19.3 Å². The first-order valence-electron chi connectivity index (χ1n) is 7.95. The number of carbonyl (C=O) groups is 2. The van der Waals surface area contributed by atoms with Crippen molar-refractivity contribution in [3.8, 4) is 0 Å². The van der Waals surface area contributed by atoms with E-state index in [4.69, 9.17) is 4.74 Å². The van der Waals surface area contributed by atoms with Crippen molar-refractivity contribution in [2.75, 3.05) is 18.4 Å². The van der Waals surface area contributed by atoms with Crippen LogP contribution in [-0.4, -0.2) is 39.6 Å². The number of pyridine rings is 1. The van der Waals surface area contributed by atoms with Crippen molar-refractivity contribution in [1.82, 2.24) is 14.3 Å². The lowest BCUT2D eigenvalue weighted by Crippen LogP contribution is -2.31. The number of ether oxygens (including phenoxy) is 1. The van der Waals surface area contributed by atoms with E-state index in [9.17, 15) is 9.59 Å². The SMILES string of the molecule is O=C(Nc1cn2cc(C3CC3)ccc2n1)OC(=O)N1CCCC1. The predicted molar refractivity (Wildman–Crippen MR) is 83.5 cm³/mol. The highest BCUT2D eigenvalue weighted by molar-refractivity contribution is 5.92. The summed E-state index contributed by atoms with van der Waals surface area (Å²) in [5.74, 6) is 1.03. The molecule has 1 saturated carbocycles. The topological polar surface area (TPSA) is 75.9 Å². The summed E-state index contributed by atoms with van der Waals surface area (Å²) in [6.45, 7) is 1.29. The summed E-state index contributed by atoms with van der Waals surface area (Å²) in [6, 6.07) is 4.00. The van der Waals surface area contributed by atoms with Gasteiger partial charge in [0.05, 0.1) is 6.20 Å². The van der Waals surface area contributed by atoms with Gasteiger partial charge in [0.15, 0.2) is 5.82 Å². The monoisotopic (exact) mass is 314 g/mol. The number of nitrogens with one attached hydrogen (secondary N) is 1. The van der Waals surface area contributed by atoms with Crippen LogP contribution >= 0.6 is 0 Å². The van der Waals surface area contributed by atoms with Crippen LogP contribution < -0.4 is 5.32 Å². The lowest BCUT2D eigenvalue weighted by atomic mass is 10.2. The highest BCUT2D eigenvalue weighted by Crippen LogP contribution is 2.39. The predicted octanol–water partition coefficient (Wildman–Crippen LogP) is 2.98. The Hall–Kier alpha value is -2.57. The fourth-order valence-corrected chi connectivity index (χ4v) is 2.90. The number of likely N-dealkylation sites (tertiary alicyclic amines) is 1. The standard InChI is InChI=1S/C16H18N4O3/c21-15(23-16(22)19-7-1-2-8-19)18-13-10-20-9-12(11-3-4-11)5-6-14(20)17-13/h5-6,9-11H,1-4,7-8H2,(H,18,21). The van der Waals surface area contributed by atoms with E-state index < -0.39 is 12.2 Å². The molecule has 120 valence electrons. The summed E-state index contributed by atoms with van der Waals surface area (Å²) < 4.78 is 6.67. The summed E-state index contributed by atoms with van der Waals surface area (Å²) in [5.41, 5.74) is 2.03. The molecule has 1 N–H and O–H groups in total. The molecule has 0 radical (unpaired) electrons. The second kappa shape index (κ2) is 5.57. The van der Waals surface area contributed by atoms with Crippen LogP contribution in [0.15, 0.2) is 24.5 Å². The van der Waals surface area contributed by atoms with Crippen LogP contribution in [0.2, 0.25) is 0 Å². The molecule has 3 heterocycles. The Morgan fingerprint density at radius 1 is 1.17 bits per heavy atom. The Labute approximate surface area is 133 Å². The van der Waals surface area contributed by atoms with Crippen LogP contribution in [0.25, 0.3) is 5.65 Å². The zero-order valence-corrected chi connectivity index (χ0v) is 12.7. The first kappa shape index (κ1) is 14.0. The minimum absolute atomic E-state index is 0.372. The molecule has 23 heavy (non-hydrogen) atoms. The molecule has 2 fully saturated rings. The second-order valence-electron chi connectivity index (χ2n) is 6.10. The summed E-state index contributed by atoms with van der Waals surface area (Å²) >= 11 is 0. The Morgan fingerprint density at radius 2 is 1.96 bits per heavy atom. The van der Waals surface area contributed by atoms with Gasteiger partial charge in [-0.25, -0.2) is 14.6 Å². The van der Waals surface area contributed by atoms with E-state index in [1.807, 2.05) is 16.7 Å². The van der Waals surface area contributed by atoms with Crippen LogP contribution in [0.1, 0.15) is 37.2 Å². The molecular formula is C16H18N4O3. The smallest absolute Gasteiger partial charge is 0.359 e. The number of amides is 2. The third-order valence-electron chi connectivity index (χ3n) is 4.30. The van der Waals surface area contributed by atoms with Crippen molar-refractivity contribution in [3.05, 3.63) is 30.1 Å². The third-order valence-corrected chi connectivity index (χ3v) is 4.30. The molecule has 0 bridgehead atoms. The van der Waals surface area contributed by atoms with Crippen LogP contribution in [0, 0.1) is 0 Å². The minimum atomic E-state index is -0.798. The van der Waals surface area contributed by atoms with Crippen LogP contribution in [0.4, 0.5) is 15.4 Å². The molecule has 7 heteroatoms. The highest BCUT2D eigenvalue weighted by atomic mass is 16.6. The number of hydrogen-bond donors (Lipinski definition) is 1. The largest absolute Gasteiger partial charge is 0.421 e. The molecule has 2 aromatic rings. The number of carbonyl (C=O) groups excluding carboxylic acids is 2. The molecule has 7 nitrogen and oxygen atoms in total. The van der Waals surface area contributed by atoms with Gasteiger partial charge in [-0.2, -0.15) is 0 Å². The van der Waals surface area contributed by atoms with Gasteiger partial charge in [0.25, 0.3) is 0 Å². The molecule has 0 spiro atoms. The normalized spacial score (nSPS) is 17.5. The van der Waals surface area contributed by atoms with Gasteiger partial charge >= 0.3 is 12.2 Å². The Kier molecular flexibility index (Phi) is 3.40. The summed E-state index contributed by atoms with van der Waals surface area (Å²) in [6.07, 6.45) is 6.73. The summed E-state index contributed by atoms with van der Waals surface area (Å²) in [7, 11) is 0. The van der Waals surface area contributed by atoms with Crippen molar-refractivity contribution in [2.45, 2.75) is 31.6 Å². The second-order valence-corrected chi connectivity index (χ2v) is 6.10. The summed E-state index contributed by atoms with van der Waals surface area (Å²) in [4.78, 5) is 29.4. The molecule has 0 aromatic carbocycles. The van der Waals surface area contributed by atoms with Crippen molar-refractivity contribution in [2.24, 2.45) is 0 Å². The highest BCUT2D eigenvalue weighted by Gasteiger charge is 2.24. The lowest BCUT2D eigenvalue weighted by molar-refractivity contribution is 0.132. The first-order valence-corrected chi connectivity index (χ1v) is 7.95. The van der Waals surface area contributed by atoms with Crippen LogP contribution in [-0.2, 0) is 4.74 Å². The van der Waals surface area contributed by atoms with Gasteiger partial charge in [0.2, 0.25) is 0 Å². The average molecular weight is 314 g/mol. The maximum absolute atomic E-state index is 11.8.